The van der Waals surface area contributed by atoms with Crippen molar-refractivity contribution in [3.05, 3.63) is 45.4 Å². The van der Waals surface area contributed by atoms with Crippen molar-refractivity contribution in [1.82, 2.24) is 21.3 Å². The molecule has 2 heterocycles. The molecule has 0 fully saturated rings. The van der Waals surface area contributed by atoms with E-state index in [-0.39, 0.29) is 30.1 Å². The highest BCUT2D eigenvalue weighted by molar-refractivity contribution is 6.29. The maximum atomic E-state index is 13.9. The summed E-state index contributed by atoms with van der Waals surface area (Å²) >= 11 is 6.19. The molecule has 33 heavy (non-hydrogen) atoms. The molecule has 0 spiro atoms. The van der Waals surface area contributed by atoms with E-state index in [1.165, 1.54) is 22.4 Å². The summed E-state index contributed by atoms with van der Waals surface area (Å²) in [7, 11) is 0. The number of allylic oxidation sites excluding steroid dienone is 4. The Hall–Kier alpha value is -1.65. The van der Waals surface area contributed by atoms with E-state index in [0.717, 1.165) is 64.5 Å². The van der Waals surface area contributed by atoms with Crippen LogP contribution in [0.5, 0.6) is 0 Å². The fraction of sp³-hybridized carbons (Fsp3) is 0.654. The zero-order chi connectivity index (χ0) is 22.8. The first-order chi connectivity index (χ1) is 16.1. The summed E-state index contributed by atoms with van der Waals surface area (Å²) < 4.78 is 13.9. The van der Waals surface area contributed by atoms with E-state index in [4.69, 9.17) is 11.6 Å². The van der Waals surface area contributed by atoms with Gasteiger partial charge in [0.15, 0.2) is 0 Å². The number of hydrogen-bond donors (Lipinski definition) is 4. The van der Waals surface area contributed by atoms with Crippen LogP contribution in [-0.4, -0.2) is 31.5 Å². The van der Waals surface area contributed by atoms with Crippen molar-refractivity contribution in [2.45, 2.75) is 82.6 Å². The van der Waals surface area contributed by atoms with Gasteiger partial charge in [0.25, 0.3) is 0 Å². The Bertz CT molecular complexity index is 929. The number of nitrogens with zero attached hydrogens (tertiary/aromatic N) is 1. The van der Waals surface area contributed by atoms with E-state index in [1.54, 1.807) is 0 Å². The zero-order valence-electron chi connectivity index (χ0n) is 19.2. The van der Waals surface area contributed by atoms with Crippen LogP contribution in [0.1, 0.15) is 64.2 Å². The van der Waals surface area contributed by atoms with Gasteiger partial charge in [-0.2, -0.15) is 5.26 Å². The molecule has 0 saturated carbocycles. The molecule has 0 aromatic rings. The Morgan fingerprint density at radius 2 is 2.03 bits per heavy atom. The molecule has 0 radical (unpaired) electrons. The van der Waals surface area contributed by atoms with Gasteiger partial charge in [-0.1, -0.05) is 29.3 Å². The lowest BCUT2D eigenvalue weighted by atomic mass is 9.75. The zero-order valence-corrected chi connectivity index (χ0v) is 20.0. The molecule has 3 aliphatic carbocycles. The van der Waals surface area contributed by atoms with E-state index >= 15 is 0 Å². The Morgan fingerprint density at radius 1 is 1.12 bits per heavy atom. The van der Waals surface area contributed by atoms with E-state index < -0.39 is 0 Å². The average molecular weight is 472 g/mol. The fourth-order valence-electron chi connectivity index (χ4n) is 6.10. The van der Waals surface area contributed by atoms with Gasteiger partial charge in [-0.15, -0.1) is 0 Å². The number of halogens is 2. The second kappa shape index (κ2) is 10.3. The molecule has 4 N–H and O–H groups in total. The summed E-state index contributed by atoms with van der Waals surface area (Å²) in [6.45, 7) is 1.93. The summed E-state index contributed by atoms with van der Waals surface area (Å²) in [5.41, 5.74) is 5.60. The van der Waals surface area contributed by atoms with Gasteiger partial charge in [-0.05, 0) is 75.0 Å². The van der Waals surface area contributed by atoms with Crippen LogP contribution in [-0.2, 0) is 0 Å². The number of hydrogen-bond acceptors (Lipinski definition) is 5. The summed E-state index contributed by atoms with van der Waals surface area (Å²) in [5.74, 6) is 0.423. The molecule has 0 saturated heterocycles. The first kappa shape index (κ1) is 23.1. The fourth-order valence-corrected chi connectivity index (χ4v) is 6.38. The maximum absolute atomic E-state index is 13.9. The minimum absolute atomic E-state index is 0.0449. The van der Waals surface area contributed by atoms with Crippen LogP contribution >= 0.6 is 11.6 Å². The van der Waals surface area contributed by atoms with Crippen molar-refractivity contribution < 1.29 is 4.39 Å². The molecule has 178 valence electrons. The summed E-state index contributed by atoms with van der Waals surface area (Å²) in [4.78, 5) is 0. The lowest BCUT2D eigenvalue weighted by Crippen LogP contribution is -2.62. The van der Waals surface area contributed by atoms with Gasteiger partial charge in [0.05, 0.1) is 23.2 Å². The molecule has 0 aromatic carbocycles. The van der Waals surface area contributed by atoms with Gasteiger partial charge in [0, 0.05) is 31.1 Å². The third-order valence-electron chi connectivity index (χ3n) is 7.95. The topological polar surface area (TPSA) is 71.9 Å². The molecule has 0 amide bonds. The van der Waals surface area contributed by atoms with Crippen LogP contribution in [0.4, 0.5) is 4.39 Å². The molecular formula is C26H35ClFN5. The second-order valence-electron chi connectivity index (χ2n) is 10.2. The molecule has 7 heteroatoms. The number of nitriles is 1. The third-order valence-corrected chi connectivity index (χ3v) is 8.30. The summed E-state index contributed by atoms with van der Waals surface area (Å²) in [5, 5.41) is 24.7. The first-order valence-corrected chi connectivity index (χ1v) is 13.0. The van der Waals surface area contributed by atoms with E-state index in [1.807, 2.05) is 0 Å². The third kappa shape index (κ3) is 5.22. The van der Waals surface area contributed by atoms with Crippen LogP contribution < -0.4 is 21.3 Å². The second-order valence-corrected chi connectivity index (χ2v) is 10.6. The molecule has 5 aliphatic rings. The molecule has 5 rings (SSSR count). The van der Waals surface area contributed by atoms with Crippen LogP contribution in [0.2, 0.25) is 0 Å². The molecule has 5 atom stereocenters. The molecule has 5 nitrogen and oxygen atoms in total. The smallest absolute Gasteiger partial charge is 0.114 e. The highest BCUT2D eigenvalue weighted by Gasteiger charge is 2.36. The van der Waals surface area contributed by atoms with Crippen molar-refractivity contribution in [2.75, 3.05) is 13.1 Å². The van der Waals surface area contributed by atoms with Gasteiger partial charge in [0.2, 0.25) is 0 Å². The summed E-state index contributed by atoms with van der Waals surface area (Å²) in [6, 6.07) is 2.62. The Labute approximate surface area is 201 Å². The molecule has 0 aromatic heterocycles. The van der Waals surface area contributed by atoms with Crippen LogP contribution in [0.3, 0.4) is 0 Å². The predicted molar refractivity (Wildman–Crippen MR) is 130 cm³/mol. The highest BCUT2D eigenvalue weighted by Crippen LogP contribution is 2.40. The molecule has 0 bridgehead atoms. The molecular weight excluding hydrogens is 437 g/mol. The van der Waals surface area contributed by atoms with Crippen LogP contribution in [0.15, 0.2) is 45.4 Å². The Kier molecular flexibility index (Phi) is 7.22. The SMILES string of the molecule is N#CC1C=C(C2CCC3=C(C2)[C@@H](N[C@H]2CCC(F)=C(Cl)C2)N[C@@H](C2=CCCNC2)N3)CCC1. The largest absolute Gasteiger partial charge is 0.370 e. The minimum Gasteiger partial charge on any atom is -0.370 e. The van der Waals surface area contributed by atoms with Crippen LogP contribution in [0.25, 0.3) is 0 Å². The highest BCUT2D eigenvalue weighted by atomic mass is 35.5. The van der Waals surface area contributed by atoms with Crippen LogP contribution in [0, 0.1) is 23.2 Å². The Balaban J connectivity index is 1.37. The van der Waals surface area contributed by atoms with Crippen molar-refractivity contribution in [2.24, 2.45) is 11.8 Å². The number of nitrogens with one attached hydrogen (secondary N) is 4. The maximum Gasteiger partial charge on any atom is 0.114 e. The standard InChI is InChI=1S/C26H35ClFN5/c27-22-13-20(7-8-23(22)28)31-26-21-12-18(17-4-1-3-16(11-17)14-29)6-9-24(21)32-25(33-26)19-5-2-10-30-15-19/h5,11,16,18,20,25-26,30-33H,1-4,6-10,12-13,15H2/t16?,18?,20-,25-,26-/m0/s1. The molecule has 2 aliphatic heterocycles. The average Bonchev–Trinajstić information content (AvgIpc) is 2.86. The minimum atomic E-state index is -0.154. The number of rotatable bonds is 4. The lowest BCUT2D eigenvalue weighted by Gasteiger charge is -2.44. The molecule has 2 unspecified atom stereocenters. The van der Waals surface area contributed by atoms with Gasteiger partial charge in [-0.25, -0.2) is 4.39 Å². The quantitative estimate of drug-likeness (QED) is 0.450. The first-order valence-electron chi connectivity index (χ1n) is 12.6. The predicted octanol–water partition coefficient (Wildman–Crippen LogP) is 4.62. The summed E-state index contributed by atoms with van der Waals surface area (Å²) in [6.07, 6.45) is 13.9. The van der Waals surface area contributed by atoms with E-state index in [9.17, 15) is 9.65 Å². The lowest BCUT2D eigenvalue weighted by molar-refractivity contribution is 0.289. The van der Waals surface area contributed by atoms with Crippen molar-refractivity contribution in [3.8, 4) is 6.07 Å². The van der Waals surface area contributed by atoms with E-state index in [2.05, 4.69) is 39.5 Å². The monoisotopic (exact) mass is 471 g/mol. The van der Waals surface area contributed by atoms with Gasteiger partial charge in [-0.3, -0.25) is 10.6 Å². The van der Waals surface area contributed by atoms with Crippen molar-refractivity contribution in [3.63, 3.8) is 0 Å². The van der Waals surface area contributed by atoms with Gasteiger partial charge in [0.1, 0.15) is 12.0 Å². The van der Waals surface area contributed by atoms with Gasteiger partial charge >= 0.3 is 0 Å². The van der Waals surface area contributed by atoms with Crippen molar-refractivity contribution in [1.29, 1.82) is 5.26 Å². The van der Waals surface area contributed by atoms with Gasteiger partial charge < -0.3 is 10.6 Å². The normalized spacial score (nSPS) is 35.2. The van der Waals surface area contributed by atoms with Crippen molar-refractivity contribution >= 4 is 11.6 Å². The van der Waals surface area contributed by atoms with E-state index in [0.29, 0.717) is 23.8 Å². The Morgan fingerprint density at radius 3 is 2.82 bits per heavy atom.